The lowest BCUT2D eigenvalue weighted by atomic mass is 10.1. The second-order valence-electron chi connectivity index (χ2n) is 6.81. The summed E-state index contributed by atoms with van der Waals surface area (Å²) in [5, 5.41) is 8.09. The van der Waals surface area contributed by atoms with Gasteiger partial charge in [0, 0.05) is 30.6 Å². The lowest BCUT2D eigenvalue weighted by Crippen LogP contribution is -2.44. The van der Waals surface area contributed by atoms with Gasteiger partial charge in [-0.2, -0.15) is 5.10 Å². The van der Waals surface area contributed by atoms with Gasteiger partial charge >= 0.3 is 0 Å². The summed E-state index contributed by atoms with van der Waals surface area (Å²) in [5.74, 6) is 0.0584. The van der Waals surface area contributed by atoms with Crippen molar-refractivity contribution >= 4 is 11.8 Å². The molecular weight excluding hydrogens is 376 g/mol. The van der Waals surface area contributed by atoms with E-state index in [4.69, 9.17) is 15.0 Å². The molecule has 2 N–H and O–H groups in total. The van der Waals surface area contributed by atoms with Crippen molar-refractivity contribution in [2.45, 2.75) is 32.0 Å². The number of pyridine rings is 1. The van der Waals surface area contributed by atoms with Crippen molar-refractivity contribution in [1.29, 1.82) is 0 Å². The van der Waals surface area contributed by atoms with Gasteiger partial charge in [-0.05, 0) is 25.1 Å². The van der Waals surface area contributed by atoms with Crippen LogP contribution in [-0.4, -0.2) is 55.3 Å². The fourth-order valence-corrected chi connectivity index (χ4v) is 3.42. The summed E-state index contributed by atoms with van der Waals surface area (Å²) in [6.07, 6.45) is 6.55. The molecule has 0 spiro atoms. The van der Waals surface area contributed by atoms with E-state index in [0.717, 1.165) is 0 Å². The summed E-state index contributed by atoms with van der Waals surface area (Å²) in [7, 11) is 0. The molecule has 10 heteroatoms. The highest BCUT2D eigenvalue weighted by Crippen LogP contribution is 2.26. The summed E-state index contributed by atoms with van der Waals surface area (Å²) >= 11 is 0. The molecule has 0 radical (unpaired) electrons. The fraction of sp³-hybridized carbons (Fsp3) is 0.316. The van der Waals surface area contributed by atoms with Gasteiger partial charge in [0.25, 0.3) is 5.91 Å². The van der Waals surface area contributed by atoms with Crippen LogP contribution in [0.2, 0.25) is 0 Å². The molecule has 4 heterocycles. The third-order valence-corrected chi connectivity index (χ3v) is 4.86. The van der Waals surface area contributed by atoms with Crippen LogP contribution in [0, 0.1) is 6.92 Å². The van der Waals surface area contributed by atoms with Crippen LogP contribution in [0.3, 0.4) is 0 Å². The second kappa shape index (κ2) is 7.74. The minimum atomic E-state index is -0.793. The van der Waals surface area contributed by atoms with E-state index in [9.17, 15) is 9.59 Å². The van der Waals surface area contributed by atoms with Gasteiger partial charge in [-0.1, -0.05) is 5.16 Å². The molecule has 10 nitrogen and oxygen atoms in total. The largest absolute Gasteiger partial charge is 0.487 e. The smallest absolute Gasteiger partial charge is 0.277 e. The lowest BCUT2D eigenvalue weighted by Gasteiger charge is -2.21. The van der Waals surface area contributed by atoms with Crippen molar-refractivity contribution in [3.63, 3.8) is 0 Å². The Morgan fingerprint density at radius 1 is 1.34 bits per heavy atom. The zero-order chi connectivity index (χ0) is 20.4. The highest BCUT2D eigenvalue weighted by Gasteiger charge is 2.41. The first-order valence-electron chi connectivity index (χ1n) is 9.12. The molecule has 150 valence electrons. The average Bonchev–Trinajstić information content (AvgIpc) is 3.44. The zero-order valence-electron chi connectivity index (χ0n) is 15.8. The second-order valence-corrected chi connectivity index (χ2v) is 6.81. The van der Waals surface area contributed by atoms with Gasteiger partial charge in [-0.3, -0.25) is 19.3 Å². The van der Waals surface area contributed by atoms with Crippen LogP contribution >= 0.6 is 0 Å². The Balaban J connectivity index is 1.56. The van der Waals surface area contributed by atoms with Gasteiger partial charge in [0.05, 0.1) is 19.3 Å². The Labute approximate surface area is 166 Å². The van der Waals surface area contributed by atoms with Crippen molar-refractivity contribution in [2.75, 3.05) is 6.54 Å². The number of nitrogens with zero attached hydrogens (tertiary/aromatic N) is 5. The summed E-state index contributed by atoms with van der Waals surface area (Å²) in [4.78, 5) is 30.6. The predicted octanol–water partition coefficient (Wildman–Crippen LogP) is 0.770. The Bertz CT molecular complexity index is 1000. The van der Waals surface area contributed by atoms with E-state index >= 15 is 0 Å². The van der Waals surface area contributed by atoms with Crippen LogP contribution in [0.25, 0.3) is 0 Å². The van der Waals surface area contributed by atoms with Crippen molar-refractivity contribution in [3.8, 4) is 5.75 Å². The number of nitrogens with two attached hydrogens (primary N) is 1. The molecule has 3 aromatic heterocycles. The molecule has 29 heavy (non-hydrogen) atoms. The molecule has 0 aliphatic carbocycles. The quantitative estimate of drug-likeness (QED) is 0.651. The molecule has 4 rings (SSSR count). The maximum atomic E-state index is 13.2. The van der Waals surface area contributed by atoms with Crippen molar-refractivity contribution in [3.05, 3.63) is 60.0 Å². The molecule has 2 atom stereocenters. The van der Waals surface area contributed by atoms with Crippen LogP contribution in [-0.2, 0) is 11.3 Å². The molecular formula is C19H20N6O4. The van der Waals surface area contributed by atoms with E-state index in [1.165, 1.54) is 4.90 Å². The monoisotopic (exact) mass is 396 g/mol. The van der Waals surface area contributed by atoms with Gasteiger partial charge in [0.2, 0.25) is 5.91 Å². The van der Waals surface area contributed by atoms with E-state index in [1.54, 1.807) is 54.6 Å². The summed E-state index contributed by atoms with van der Waals surface area (Å²) in [6.45, 7) is 2.26. The van der Waals surface area contributed by atoms with Crippen molar-refractivity contribution in [2.24, 2.45) is 5.73 Å². The van der Waals surface area contributed by atoms with Gasteiger partial charge in [0.1, 0.15) is 23.7 Å². The number of likely N-dealkylation sites (tertiary alicyclic amines) is 1. The minimum Gasteiger partial charge on any atom is -0.487 e. The molecule has 0 bridgehead atoms. The number of aromatic nitrogens is 4. The minimum absolute atomic E-state index is 0.145. The van der Waals surface area contributed by atoms with E-state index in [-0.39, 0.29) is 18.3 Å². The first-order valence-corrected chi connectivity index (χ1v) is 9.12. The molecule has 1 fully saturated rings. The van der Waals surface area contributed by atoms with E-state index in [1.807, 2.05) is 0 Å². The standard InChI is InChI=1S/C19H20N6O4/c1-12-15(11-24-7-3-6-22-24)17(23-29-12)19(27)25-10-14(8-16(25)18(20)26)28-13-4-2-5-21-9-13/h2-7,9,14,16H,8,10-11H2,1H3,(H2,20,26)/t14-,16-/m0/s1. The van der Waals surface area contributed by atoms with Crippen LogP contribution < -0.4 is 10.5 Å². The van der Waals surface area contributed by atoms with Gasteiger partial charge < -0.3 is 19.9 Å². The van der Waals surface area contributed by atoms with Crippen LogP contribution in [0.1, 0.15) is 28.2 Å². The Kier molecular flexibility index (Phi) is 4.98. The Hall–Kier alpha value is -3.69. The van der Waals surface area contributed by atoms with Crippen LogP contribution in [0.4, 0.5) is 0 Å². The number of hydrogen-bond donors (Lipinski definition) is 1. The third-order valence-electron chi connectivity index (χ3n) is 4.86. The predicted molar refractivity (Wildman–Crippen MR) is 99.9 cm³/mol. The summed E-state index contributed by atoms with van der Waals surface area (Å²) < 4.78 is 12.8. The molecule has 0 unspecified atom stereocenters. The van der Waals surface area contributed by atoms with Gasteiger partial charge in [-0.25, -0.2) is 0 Å². The Morgan fingerprint density at radius 2 is 2.21 bits per heavy atom. The number of rotatable bonds is 6. The maximum Gasteiger partial charge on any atom is 0.277 e. The number of primary amides is 1. The molecule has 1 aliphatic rings. The maximum absolute atomic E-state index is 13.2. The summed E-state index contributed by atoms with van der Waals surface area (Å²) in [5.41, 5.74) is 6.31. The molecule has 2 amide bonds. The molecule has 0 aromatic carbocycles. The molecule has 0 saturated carbocycles. The highest BCUT2D eigenvalue weighted by atomic mass is 16.5. The molecule has 1 saturated heterocycles. The number of carbonyl (C=O) groups excluding carboxylic acids is 2. The SMILES string of the molecule is Cc1onc(C(=O)N2C[C@@H](Oc3cccnc3)C[C@H]2C(N)=O)c1Cn1cccn1. The number of amides is 2. The third kappa shape index (κ3) is 3.82. The van der Waals surface area contributed by atoms with Gasteiger partial charge in [0.15, 0.2) is 5.69 Å². The van der Waals surface area contributed by atoms with E-state index in [0.29, 0.717) is 30.0 Å². The molecule has 3 aromatic rings. The van der Waals surface area contributed by atoms with Crippen LogP contribution in [0.15, 0.2) is 47.5 Å². The number of aryl methyl sites for hydroxylation is 1. The number of ether oxygens (including phenoxy) is 1. The van der Waals surface area contributed by atoms with E-state index < -0.39 is 17.9 Å². The van der Waals surface area contributed by atoms with Crippen molar-refractivity contribution < 1.29 is 18.8 Å². The lowest BCUT2D eigenvalue weighted by molar-refractivity contribution is -0.121. The normalized spacial score (nSPS) is 18.7. The van der Waals surface area contributed by atoms with E-state index in [2.05, 4.69) is 15.2 Å². The summed E-state index contributed by atoms with van der Waals surface area (Å²) in [6, 6.07) is 4.51. The topological polar surface area (TPSA) is 129 Å². The highest BCUT2D eigenvalue weighted by molar-refractivity contribution is 5.97. The molecule has 1 aliphatic heterocycles. The number of carbonyl (C=O) groups is 2. The fourth-order valence-electron chi connectivity index (χ4n) is 3.42. The average molecular weight is 396 g/mol. The van der Waals surface area contributed by atoms with Crippen molar-refractivity contribution in [1.82, 2.24) is 24.8 Å². The Morgan fingerprint density at radius 3 is 2.90 bits per heavy atom. The number of hydrogen-bond acceptors (Lipinski definition) is 7. The zero-order valence-corrected chi connectivity index (χ0v) is 15.8. The van der Waals surface area contributed by atoms with Gasteiger partial charge in [-0.15, -0.1) is 0 Å². The first kappa shape index (κ1) is 18.7. The first-order chi connectivity index (χ1) is 14.0. The van der Waals surface area contributed by atoms with Crippen LogP contribution in [0.5, 0.6) is 5.75 Å².